The monoisotopic (exact) mass is 1180 g/mol. The van der Waals surface area contributed by atoms with Crippen molar-refractivity contribution in [1.82, 2.24) is 0 Å². The molecule has 0 aliphatic heterocycles. The fraction of sp³-hybridized carbons (Fsp3) is 0.564. The summed E-state index contributed by atoms with van der Waals surface area (Å²) < 4.78 is 50.9. The molecule has 4 unspecified atom stereocenters. The van der Waals surface area contributed by atoms with Crippen molar-refractivity contribution in [2.75, 3.05) is 54.9 Å². The molecule has 476 valence electrons. The summed E-state index contributed by atoms with van der Waals surface area (Å²) in [5.41, 5.74) is 7.09. The quantitative estimate of drug-likeness (QED) is 0.0406. The van der Waals surface area contributed by atoms with Crippen LogP contribution >= 0.6 is 0 Å². The van der Waals surface area contributed by atoms with Gasteiger partial charge in [0.25, 0.3) is 0 Å². The van der Waals surface area contributed by atoms with Gasteiger partial charge in [0.2, 0.25) is 0 Å². The third-order valence-corrected chi connectivity index (χ3v) is 16.6. The summed E-state index contributed by atoms with van der Waals surface area (Å²) in [5, 5.41) is 0. The van der Waals surface area contributed by atoms with E-state index in [-0.39, 0.29) is 0 Å². The molecular weight excluding hydrogens is 1060 g/mol. The van der Waals surface area contributed by atoms with Crippen molar-refractivity contribution in [3.63, 3.8) is 0 Å². The minimum Gasteiger partial charge on any atom is -0.496 e. The topological polar surface area (TPSA) is 73.8 Å². The number of hydrogen-bond donors (Lipinski definition) is 0. The van der Waals surface area contributed by atoms with E-state index in [1.807, 2.05) is 30.4 Å². The van der Waals surface area contributed by atoms with Crippen molar-refractivity contribution in [1.29, 1.82) is 0 Å². The van der Waals surface area contributed by atoms with Crippen molar-refractivity contribution < 1.29 is 37.9 Å². The largest absolute Gasteiger partial charge is 0.496 e. The van der Waals surface area contributed by atoms with Crippen molar-refractivity contribution in [3.8, 4) is 46.0 Å². The molecule has 0 saturated heterocycles. The lowest BCUT2D eigenvalue weighted by atomic mass is 9.97. The summed E-state index contributed by atoms with van der Waals surface area (Å²) in [6.07, 6.45) is 34.7. The SMILES string of the molecule is C=Cc1cc(OCCC(C)CCCC(C)C)c(/C=C/c2cc(OCCC(C)CCCC(C)C)c(/C=C/c3cc(OCCC(C)CCCC(C)C)c(/C=C/c4cc(OCCC(C)CCCC(C)C)c(C=C)cc4OC)cc3OC)cc2OC)cc1OC. The van der Waals surface area contributed by atoms with Crippen molar-refractivity contribution in [3.05, 3.63) is 106 Å². The van der Waals surface area contributed by atoms with E-state index >= 15 is 0 Å². The van der Waals surface area contributed by atoms with Crippen molar-refractivity contribution in [2.24, 2.45) is 47.3 Å². The van der Waals surface area contributed by atoms with Crippen LogP contribution in [0.1, 0.15) is 230 Å². The van der Waals surface area contributed by atoms with Crippen LogP contribution in [0.15, 0.2) is 61.7 Å². The molecule has 0 aliphatic carbocycles. The van der Waals surface area contributed by atoms with E-state index in [4.69, 9.17) is 37.9 Å². The Bertz CT molecular complexity index is 2700. The van der Waals surface area contributed by atoms with Crippen LogP contribution < -0.4 is 37.9 Å². The van der Waals surface area contributed by atoms with Gasteiger partial charge in [0.15, 0.2) is 0 Å². The third-order valence-electron chi connectivity index (χ3n) is 16.6. The van der Waals surface area contributed by atoms with Crippen LogP contribution in [0, 0.1) is 47.3 Å². The van der Waals surface area contributed by atoms with Gasteiger partial charge in [-0.15, -0.1) is 0 Å². The third kappa shape index (κ3) is 26.1. The highest BCUT2D eigenvalue weighted by molar-refractivity contribution is 5.84. The molecule has 0 radical (unpaired) electrons. The molecule has 86 heavy (non-hydrogen) atoms. The average molecular weight is 1180 g/mol. The van der Waals surface area contributed by atoms with Crippen LogP contribution in [0.4, 0.5) is 0 Å². The maximum atomic E-state index is 6.82. The zero-order valence-electron chi connectivity index (χ0n) is 56.7. The summed E-state index contributed by atoms with van der Waals surface area (Å²) >= 11 is 0. The van der Waals surface area contributed by atoms with Gasteiger partial charge < -0.3 is 37.9 Å². The van der Waals surface area contributed by atoms with Gasteiger partial charge in [0.1, 0.15) is 46.0 Å². The van der Waals surface area contributed by atoms with E-state index in [1.165, 1.54) is 77.0 Å². The second-order valence-electron chi connectivity index (χ2n) is 26.2. The molecule has 4 atom stereocenters. The van der Waals surface area contributed by atoms with Gasteiger partial charge in [-0.25, -0.2) is 0 Å². The Balaban J connectivity index is 1.79. The van der Waals surface area contributed by atoms with Crippen LogP contribution in [-0.2, 0) is 0 Å². The first-order valence-corrected chi connectivity index (χ1v) is 33.0. The van der Waals surface area contributed by atoms with E-state index < -0.39 is 0 Å². The maximum Gasteiger partial charge on any atom is 0.127 e. The normalized spacial score (nSPS) is 13.3. The second kappa shape index (κ2) is 39.7. The van der Waals surface area contributed by atoms with E-state index in [2.05, 4.69) is 163 Å². The zero-order chi connectivity index (χ0) is 63.0. The van der Waals surface area contributed by atoms with Crippen molar-refractivity contribution in [2.45, 2.75) is 186 Å². The smallest absolute Gasteiger partial charge is 0.127 e. The number of benzene rings is 4. The number of methoxy groups -OCH3 is 4. The molecule has 0 N–H and O–H groups in total. The van der Waals surface area contributed by atoms with Gasteiger partial charge in [-0.3, -0.25) is 0 Å². The molecule has 8 heteroatoms. The summed E-state index contributed by atoms with van der Waals surface area (Å²) in [4.78, 5) is 0. The fourth-order valence-corrected chi connectivity index (χ4v) is 10.8. The number of ether oxygens (including phenoxy) is 8. The van der Waals surface area contributed by atoms with Gasteiger partial charge in [-0.2, -0.15) is 0 Å². The molecule has 0 aliphatic rings. The average Bonchev–Trinajstić information content (AvgIpc) is 1.77. The zero-order valence-corrected chi connectivity index (χ0v) is 56.7. The summed E-state index contributed by atoms with van der Waals surface area (Å²) in [6, 6.07) is 16.5. The molecule has 0 spiro atoms. The highest BCUT2D eigenvalue weighted by atomic mass is 16.5. The summed E-state index contributed by atoms with van der Waals surface area (Å²) in [7, 11) is 6.84. The standard InChI is InChI=1S/C78H116O8/c1-19-63-48-76(84-44-40-60(12)30-22-26-56(5)6)68(49-71(63)79-15)36-34-66-53-78(86-46-42-62(14)32-24-28-58(9)10)70(51-73(66)81-17)38-35-67-54-77(85-45-41-61(13)31-23-27-57(7)8)69(50-74(67)82-18)37-33-65-52-75(64(20-2)47-72(65)80-16)83-43-39-59(11)29-21-25-55(3)4/h19-20,33-38,47-62H,1-2,21-32,39-46H2,3-18H3/b36-34+,37-33+,38-35+. The summed E-state index contributed by atoms with van der Waals surface area (Å²) in [6.45, 7) is 38.3. The predicted molar refractivity (Wildman–Crippen MR) is 371 cm³/mol. The maximum absolute atomic E-state index is 6.82. The predicted octanol–water partition coefficient (Wildman–Crippen LogP) is 22.4. The summed E-state index contributed by atoms with van der Waals surface area (Å²) in [5.74, 6) is 11.0. The molecule has 8 nitrogen and oxygen atoms in total. The second-order valence-corrected chi connectivity index (χ2v) is 26.2. The lowest BCUT2D eigenvalue weighted by molar-refractivity contribution is 0.274. The van der Waals surface area contributed by atoms with Crippen LogP contribution in [0.2, 0.25) is 0 Å². The lowest BCUT2D eigenvalue weighted by Gasteiger charge is -2.17. The number of hydrogen-bond acceptors (Lipinski definition) is 8. The van der Waals surface area contributed by atoms with Gasteiger partial charge >= 0.3 is 0 Å². The van der Waals surface area contributed by atoms with Gasteiger partial charge in [0.05, 0.1) is 54.9 Å². The molecule has 0 aromatic heterocycles. The van der Waals surface area contributed by atoms with Crippen LogP contribution in [0.5, 0.6) is 46.0 Å². The minimum atomic E-state index is 0.532. The number of rotatable bonds is 44. The van der Waals surface area contributed by atoms with Crippen molar-refractivity contribution >= 4 is 48.6 Å². The Labute approximate surface area is 524 Å². The molecule has 4 aromatic carbocycles. The van der Waals surface area contributed by atoms with Crippen LogP contribution in [-0.4, -0.2) is 54.9 Å². The van der Waals surface area contributed by atoms with E-state index in [9.17, 15) is 0 Å². The molecule has 0 heterocycles. The van der Waals surface area contributed by atoms with Crippen LogP contribution in [0.25, 0.3) is 48.6 Å². The molecule has 0 saturated carbocycles. The Hall–Kier alpha value is -6.02. The highest BCUT2D eigenvalue weighted by Gasteiger charge is 2.17. The Morgan fingerprint density at radius 2 is 0.453 bits per heavy atom. The highest BCUT2D eigenvalue weighted by Crippen LogP contribution is 2.39. The van der Waals surface area contributed by atoms with E-state index in [1.54, 1.807) is 28.4 Å². The van der Waals surface area contributed by atoms with Gasteiger partial charge in [-0.05, 0) is 122 Å². The lowest BCUT2D eigenvalue weighted by Crippen LogP contribution is -2.06. The minimum absolute atomic E-state index is 0.532. The van der Waals surface area contributed by atoms with Gasteiger partial charge in [-0.1, -0.05) is 222 Å². The molecule has 4 aromatic rings. The van der Waals surface area contributed by atoms with Crippen LogP contribution in [0.3, 0.4) is 0 Å². The molecule has 0 bridgehead atoms. The van der Waals surface area contributed by atoms with Gasteiger partial charge in [0, 0.05) is 44.5 Å². The molecular formula is C78H116O8. The molecule has 0 fully saturated rings. The Morgan fingerprint density at radius 3 is 0.686 bits per heavy atom. The fourth-order valence-electron chi connectivity index (χ4n) is 10.8. The molecule has 0 amide bonds. The Morgan fingerprint density at radius 1 is 0.267 bits per heavy atom. The first kappa shape index (κ1) is 72.5. The van der Waals surface area contributed by atoms with E-state index in [0.717, 1.165) is 117 Å². The van der Waals surface area contributed by atoms with E-state index in [0.29, 0.717) is 73.4 Å². The first-order valence-electron chi connectivity index (χ1n) is 33.0. The molecule has 4 rings (SSSR count). The first-order chi connectivity index (χ1) is 41.3. The Kier molecular flexibility index (Phi) is 33.5.